The van der Waals surface area contributed by atoms with Gasteiger partial charge in [0.1, 0.15) is 28.5 Å². The fourth-order valence-corrected chi connectivity index (χ4v) is 4.26. The average molecular weight is 514 g/mol. The van der Waals surface area contributed by atoms with Gasteiger partial charge in [0.2, 0.25) is 5.75 Å². The normalized spacial score (nSPS) is 16.2. The van der Waals surface area contributed by atoms with Crippen molar-refractivity contribution in [2.75, 3.05) is 11.9 Å². The second-order valence-corrected chi connectivity index (χ2v) is 8.94. The third kappa shape index (κ3) is 4.26. The number of fused-ring (bicyclic) bond motifs is 1. The van der Waals surface area contributed by atoms with Crippen molar-refractivity contribution in [1.29, 1.82) is 0 Å². The summed E-state index contributed by atoms with van der Waals surface area (Å²) in [6, 6.07) is 2.67. The summed E-state index contributed by atoms with van der Waals surface area (Å²) < 4.78 is 90.4. The number of pyridine rings is 1. The second-order valence-electron chi connectivity index (χ2n) is 8.94. The highest BCUT2D eigenvalue weighted by molar-refractivity contribution is 5.92. The first-order valence-electron chi connectivity index (χ1n) is 11.3. The minimum atomic E-state index is -4.69. The van der Waals surface area contributed by atoms with Crippen LogP contribution >= 0.6 is 0 Å². The van der Waals surface area contributed by atoms with E-state index in [1.165, 1.54) is 26.0 Å². The molecule has 0 aliphatic heterocycles. The summed E-state index contributed by atoms with van der Waals surface area (Å²) in [6.07, 6.45) is -4.21. The molecule has 36 heavy (non-hydrogen) atoms. The molecule has 1 N–H and O–H groups in total. The molecule has 1 atom stereocenters. The number of rotatable bonds is 7. The molecule has 0 saturated heterocycles. The largest absolute Gasteiger partial charge is 0.487 e. The lowest BCUT2D eigenvalue weighted by molar-refractivity contribution is -0.180. The summed E-state index contributed by atoms with van der Waals surface area (Å²) in [4.78, 5) is 21.6. The quantitative estimate of drug-likeness (QED) is 0.393. The number of benzene rings is 1. The summed E-state index contributed by atoms with van der Waals surface area (Å²) >= 11 is 0. The van der Waals surface area contributed by atoms with Crippen LogP contribution in [0.4, 0.5) is 32.2 Å². The molecule has 12 heteroatoms. The third-order valence-corrected chi connectivity index (χ3v) is 6.27. The Labute approximate surface area is 202 Å². The number of aromatic nitrogens is 3. The number of alkyl halides is 5. The molecule has 1 saturated carbocycles. The number of nitrogens with zero attached hydrogens (tertiary/aromatic N) is 3. The molecule has 0 unspecified atom stereocenters. The SMILES string of the molecule is CCOc1c(=O)n(C2(C(F)(F)F)CC2)cc2c(N[C@H](C)c3cccc(C(C)(F)F)c3F)nc(C)nc12. The van der Waals surface area contributed by atoms with E-state index < -0.39 is 40.6 Å². The highest BCUT2D eigenvalue weighted by Crippen LogP contribution is 2.55. The lowest BCUT2D eigenvalue weighted by Crippen LogP contribution is -2.41. The van der Waals surface area contributed by atoms with E-state index in [4.69, 9.17) is 4.74 Å². The molecule has 0 amide bonds. The lowest BCUT2D eigenvalue weighted by Gasteiger charge is -2.24. The van der Waals surface area contributed by atoms with Crippen LogP contribution in [0.5, 0.6) is 5.75 Å². The first-order valence-corrected chi connectivity index (χ1v) is 11.3. The maximum Gasteiger partial charge on any atom is 0.412 e. The minimum Gasteiger partial charge on any atom is -0.487 e. The van der Waals surface area contributed by atoms with Crippen molar-refractivity contribution in [3.63, 3.8) is 0 Å². The maximum absolute atomic E-state index is 14.9. The summed E-state index contributed by atoms with van der Waals surface area (Å²) in [6.45, 7) is 5.16. The van der Waals surface area contributed by atoms with Crippen molar-refractivity contribution in [1.82, 2.24) is 14.5 Å². The number of nitrogens with one attached hydrogen (secondary N) is 1. The molecule has 1 aliphatic rings. The summed E-state index contributed by atoms with van der Waals surface area (Å²) in [5.41, 5.74) is -4.23. The highest BCUT2D eigenvalue weighted by atomic mass is 19.4. The zero-order valence-corrected chi connectivity index (χ0v) is 19.9. The molecule has 3 aromatic rings. The van der Waals surface area contributed by atoms with E-state index in [0.717, 1.165) is 12.3 Å². The summed E-state index contributed by atoms with van der Waals surface area (Å²) in [5.74, 6) is -4.71. The van der Waals surface area contributed by atoms with Crippen LogP contribution in [0.3, 0.4) is 0 Å². The number of aryl methyl sites for hydroxylation is 1. The van der Waals surface area contributed by atoms with Gasteiger partial charge in [-0.2, -0.15) is 13.2 Å². The smallest absolute Gasteiger partial charge is 0.412 e. The van der Waals surface area contributed by atoms with Crippen molar-refractivity contribution < 1.29 is 31.1 Å². The van der Waals surface area contributed by atoms with E-state index in [2.05, 4.69) is 15.3 Å². The van der Waals surface area contributed by atoms with E-state index in [9.17, 15) is 31.1 Å². The van der Waals surface area contributed by atoms with Crippen molar-refractivity contribution in [3.8, 4) is 5.75 Å². The van der Waals surface area contributed by atoms with Gasteiger partial charge in [-0.25, -0.2) is 23.1 Å². The number of anilines is 1. The lowest BCUT2D eigenvalue weighted by atomic mass is 10.0. The molecular formula is C24H24F6N4O2. The van der Waals surface area contributed by atoms with Gasteiger partial charge in [-0.15, -0.1) is 0 Å². The molecule has 1 aromatic carbocycles. The van der Waals surface area contributed by atoms with Crippen molar-refractivity contribution in [3.05, 3.63) is 57.5 Å². The van der Waals surface area contributed by atoms with Crippen molar-refractivity contribution in [2.45, 2.75) is 64.2 Å². The Balaban J connectivity index is 1.89. The number of hydrogen-bond donors (Lipinski definition) is 1. The van der Waals surface area contributed by atoms with Crippen LogP contribution < -0.4 is 15.6 Å². The van der Waals surface area contributed by atoms with Gasteiger partial charge in [-0.1, -0.05) is 18.2 Å². The van der Waals surface area contributed by atoms with Gasteiger partial charge in [-0.05, 0) is 33.6 Å². The summed E-state index contributed by atoms with van der Waals surface area (Å²) in [7, 11) is 0. The van der Waals surface area contributed by atoms with Crippen molar-refractivity contribution in [2.24, 2.45) is 0 Å². The molecule has 0 spiro atoms. The highest BCUT2D eigenvalue weighted by Gasteiger charge is 2.65. The Morgan fingerprint density at radius 3 is 2.42 bits per heavy atom. The molecule has 1 aliphatic carbocycles. The Kier molecular flexibility index (Phi) is 6.20. The standard InChI is InChI=1S/C24H24F6N4O2/c1-5-36-19-18-15(11-34(21(19)35)23(9-10-23)24(28,29)30)20(33-13(3)32-18)31-12(2)14-7-6-8-16(17(14)25)22(4,26)27/h6-8,11-12H,5,9-10H2,1-4H3,(H,31,32,33)/t12-/m1/s1. The minimum absolute atomic E-state index is 0.00117. The van der Waals surface area contributed by atoms with Crippen LogP contribution in [0.2, 0.25) is 0 Å². The maximum atomic E-state index is 14.9. The zero-order valence-electron chi connectivity index (χ0n) is 19.9. The fourth-order valence-electron chi connectivity index (χ4n) is 4.26. The van der Waals surface area contributed by atoms with Crippen LogP contribution in [-0.2, 0) is 11.5 Å². The van der Waals surface area contributed by atoms with Gasteiger partial charge in [-0.3, -0.25) is 9.36 Å². The van der Waals surface area contributed by atoms with E-state index >= 15 is 0 Å². The third-order valence-electron chi connectivity index (χ3n) is 6.27. The fraction of sp³-hybridized carbons (Fsp3) is 0.458. The van der Waals surface area contributed by atoms with E-state index in [0.29, 0.717) is 11.5 Å². The van der Waals surface area contributed by atoms with Crippen LogP contribution in [-0.4, -0.2) is 27.3 Å². The molecule has 0 bridgehead atoms. The Hall–Kier alpha value is -3.31. The van der Waals surface area contributed by atoms with Crippen LogP contribution in [0.15, 0.2) is 29.2 Å². The Bertz CT molecular complexity index is 1380. The molecule has 4 rings (SSSR count). The van der Waals surface area contributed by atoms with E-state index in [-0.39, 0.29) is 53.3 Å². The number of halogens is 6. The van der Waals surface area contributed by atoms with E-state index in [1.54, 1.807) is 6.92 Å². The van der Waals surface area contributed by atoms with Crippen LogP contribution in [0.25, 0.3) is 10.9 Å². The van der Waals surface area contributed by atoms with Gasteiger partial charge in [0.15, 0.2) is 0 Å². The topological polar surface area (TPSA) is 69.0 Å². The average Bonchev–Trinajstić information content (AvgIpc) is 3.57. The van der Waals surface area contributed by atoms with Crippen molar-refractivity contribution >= 4 is 16.7 Å². The summed E-state index contributed by atoms with van der Waals surface area (Å²) in [5, 5.41) is 2.94. The molecular weight excluding hydrogens is 490 g/mol. The van der Waals surface area contributed by atoms with Crippen LogP contribution in [0, 0.1) is 12.7 Å². The second kappa shape index (κ2) is 8.67. The zero-order chi connectivity index (χ0) is 26.6. The predicted molar refractivity (Wildman–Crippen MR) is 121 cm³/mol. The first-order chi connectivity index (χ1) is 16.7. The Morgan fingerprint density at radius 2 is 1.86 bits per heavy atom. The van der Waals surface area contributed by atoms with Crippen LogP contribution in [0.1, 0.15) is 56.6 Å². The first kappa shape index (κ1) is 25.8. The van der Waals surface area contributed by atoms with Gasteiger partial charge in [0.05, 0.1) is 23.6 Å². The predicted octanol–water partition coefficient (Wildman–Crippen LogP) is 5.97. The van der Waals surface area contributed by atoms with Gasteiger partial charge in [0, 0.05) is 18.7 Å². The van der Waals surface area contributed by atoms with Gasteiger partial charge >= 0.3 is 6.18 Å². The van der Waals surface area contributed by atoms with Gasteiger partial charge < -0.3 is 10.1 Å². The van der Waals surface area contributed by atoms with Gasteiger partial charge in [0.25, 0.3) is 11.5 Å². The molecule has 2 aromatic heterocycles. The number of hydrogen-bond acceptors (Lipinski definition) is 5. The molecule has 0 radical (unpaired) electrons. The molecule has 2 heterocycles. The molecule has 6 nitrogen and oxygen atoms in total. The monoisotopic (exact) mass is 514 g/mol. The molecule has 194 valence electrons. The molecule has 1 fully saturated rings. The number of ether oxygens (including phenoxy) is 1. The van der Waals surface area contributed by atoms with E-state index in [1.807, 2.05) is 0 Å². The Morgan fingerprint density at radius 1 is 1.19 bits per heavy atom.